The zero-order valence-electron chi connectivity index (χ0n) is 47.2. The van der Waals surface area contributed by atoms with Crippen LogP contribution < -0.4 is 20.8 Å². The molecule has 3 nitrogen and oxygen atoms in total. The highest BCUT2D eigenvalue weighted by Gasteiger charge is 2.53. The van der Waals surface area contributed by atoms with E-state index in [0.29, 0.717) is 0 Å². The van der Waals surface area contributed by atoms with Crippen molar-refractivity contribution in [2.45, 2.75) is 96.8 Å². The van der Waals surface area contributed by atoms with Gasteiger partial charge in [0.1, 0.15) is 11.2 Å². The third-order valence-electron chi connectivity index (χ3n) is 19.2. The van der Waals surface area contributed by atoms with Gasteiger partial charge in [-0.3, -0.25) is 0 Å². The molecule has 0 saturated carbocycles. The second-order valence-electron chi connectivity index (χ2n) is 26.3. The van der Waals surface area contributed by atoms with Crippen molar-refractivity contribution in [3.8, 4) is 44.5 Å². The molecule has 16 rings (SSSR count). The average Bonchev–Trinajstić information content (AvgIpc) is 3.39. The lowest BCUT2D eigenvalue weighted by molar-refractivity contribution is 0.332. The zero-order valence-corrected chi connectivity index (χ0v) is 48.0. The lowest BCUT2D eigenvalue weighted by Gasteiger charge is -2.46. The van der Waals surface area contributed by atoms with Crippen molar-refractivity contribution in [1.29, 1.82) is 0 Å². The monoisotopic (exact) mass is 1050 g/mol. The van der Waals surface area contributed by atoms with Gasteiger partial charge in [0, 0.05) is 48.8 Å². The first kappa shape index (κ1) is 47.8. The standard InChI is InChI=1S/C75H63BN2OS/c1-72(2,3)49-30-35-61(54(40-49)46-22-14-11-15-23-46)77-62-42-56-51-26-18-19-27-58(51)75(8,9)66(56)65-53-34-33-52-55-38-47-24-16-17-25-48(47)39-64(55)80-70(52)68(53)78(50-31-28-45(29-32-50)44-20-12-10-13-21-44)76(67(62)65)71-69(77)57-41-59-60(43-63(57)79-71)74(6,7)37-36-73(59,4)5/h10-35,38-43H,36-37H2,1-9H3. The first-order valence-electron chi connectivity index (χ1n) is 28.8. The Kier molecular flexibility index (Phi) is 9.86. The summed E-state index contributed by atoms with van der Waals surface area (Å²) >= 11 is 1.94. The van der Waals surface area contributed by atoms with Crippen LogP contribution in [-0.2, 0) is 21.7 Å². The van der Waals surface area contributed by atoms with Crippen molar-refractivity contribution < 1.29 is 4.42 Å². The predicted octanol–water partition coefficient (Wildman–Crippen LogP) is 19.9. The van der Waals surface area contributed by atoms with Gasteiger partial charge in [0.2, 0.25) is 0 Å². The van der Waals surface area contributed by atoms with Gasteiger partial charge in [0.05, 0.1) is 21.8 Å². The summed E-state index contributed by atoms with van der Waals surface area (Å²) in [6.45, 7) is 21.4. The maximum atomic E-state index is 7.98. The molecule has 2 aromatic heterocycles. The second kappa shape index (κ2) is 16.5. The van der Waals surface area contributed by atoms with Gasteiger partial charge < -0.3 is 14.1 Å². The van der Waals surface area contributed by atoms with Crippen molar-refractivity contribution in [2.24, 2.45) is 0 Å². The molecule has 5 heteroatoms. The van der Waals surface area contributed by atoms with Gasteiger partial charge in [-0.1, -0.05) is 202 Å². The van der Waals surface area contributed by atoms with E-state index in [1.165, 1.54) is 120 Å². The smallest absolute Gasteiger partial charge is 0.376 e. The van der Waals surface area contributed by atoms with Crippen LogP contribution in [-0.4, -0.2) is 6.85 Å². The highest BCUT2D eigenvalue weighted by Crippen LogP contribution is 2.61. The van der Waals surface area contributed by atoms with E-state index in [9.17, 15) is 0 Å². The molecule has 4 aliphatic rings. The number of thiophene rings is 1. The number of hydrogen-bond donors (Lipinski definition) is 0. The van der Waals surface area contributed by atoms with Crippen LogP contribution in [0.15, 0.2) is 199 Å². The van der Waals surface area contributed by atoms with Gasteiger partial charge in [0.15, 0.2) is 0 Å². The number of anilines is 5. The average molecular weight is 1050 g/mol. The Labute approximate surface area is 474 Å². The molecule has 2 aliphatic heterocycles. The molecule has 12 aromatic rings. The van der Waals surface area contributed by atoms with Gasteiger partial charge in [-0.05, 0) is 161 Å². The Bertz CT molecular complexity index is 4610. The van der Waals surface area contributed by atoms with Gasteiger partial charge in [-0.15, -0.1) is 11.3 Å². The Morgan fingerprint density at radius 1 is 0.500 bits per heavy atom. The van der Waals surface area contributed by atoms with E-state index in [4.69, 9.17) is 4.42 Å². The predicted molar refractivity (Wildman–Crippen MR) is 343 cm³/mol. The lowest BCUT2D eigenvalue weighted by atomic mass is 9.45. The van der Waals surface area contributed by atoms with Gasteiger partial charge in [0.25, 0.3) is 0 Å². The molecule has 0 amide bonds. The van der Waals surface area contributed by atoms with E-state index in [1.54, 1.807) is 0 Å². The number of nitrogens with zero attached hydrogens (tertiary/aromatic N) is 2. The minimum Gasteiger partial charge on any atom is -0.466 e. The summed E-state index contributed by atoms with van der Waals surface area (Å²) in [5, 5.41) is 6.26. The summed E-state index contributed by atoms with van der Waals surface area (Å²) in [5.41, 5.74) is 25.5. The molecule has 0 N–H and O–H groups in total. The van der Waals surface area contributed by atoms with E-state index >= 15 is 0 Å². The third kappa shape index (κ3) is 6.68. The molecule has 0 saturated heterocycles. The highest BCUT2D eigenvalue weighted by atomic mass is 32.1. The number of fused-ring (bicyclic) bond motifs is 16. The van der Waals surface area contributed by atoms with Crippen molar-refractivity contribution in [3.63, 3.8) is 0 Å². The summed E-state index contributed by atoms with van der Waals surface area (Å²) < 4.78 is 10.6. The van der Waals surface area contributed by atoms with Crippen molar-refractivity contribution in [1.82, 2.24) is 0 Å². The van der Waals surface area contributed by atoms with E-state index in [2.05, 4.69) is 266 Å². The van der Waals surface area contributed by atoms with E-state index in [-0.39, 0.29) is 28.5 Å². The quantitative estimate of drug-likeness (QED) is 0.164. The summed E-state index contributed by atoms with van der Waals surface area (Å²) in [4.78, 5) is 5.38. The SMILES string of the molecule is CC(C)(C)c1ccc(N2c3cc4c(c5c3B(c3oc6cc7c(cc6c32)C(C)(C)CCC7(C)C)N(c2ccc(-c3ccccc3)cc2)c2c-5ccc3c2sc2cc5ccccc5cc23)C(C)(C)c2ccccc2-4)c(-c2ccccc2)c1. The molecule has 0 unspecified atom stereocenters. The Hall–Kier alpha value is -8.12. The first-order valence-corrected chi connectivity index (χ1v) is 29.6. The van der Waals surface area contributed by atoms with E-state index < -0.39 is 0 Å². The van der Waals surface area contributed by atoms with Gasteiger partial charge in [-0.25, -0.2) is 0 Å². The number of hydrogen-bond acceptors (Lipinski definition) is 4. The van der Waals surface area contributed by atoms with Crippen molar-refractivity contribution in [3.05, 3.63) is 222 Å². The maximum absolute atomic E-state index is 7.98. The third-order valence-corrected chi connectivity index (χ3v) is 20.4. The van der Waals surface area contributed by atoms with E-state index in [1.807, 2.05) is 11.3 Å². The molecule has 388 valence electrons. The molecule has 4 heterocycles. The molecule has 10 aromatic carbocycles. The van der Waals surface area contributed by atoms with Crippen LogP contribution in [0.3, 0.4) is 0 Å². The molecule has 0 spiro atoms. The van der Waals surface area contributed by atoms with Crippen molar-refractivity contribution >= 4 is 99.7 Å². The fraction of sp³-hybridized carbons (Fsp3) is 0.200. The fourth-order valence-electron chi connectivity index (χ4n) is 14.9. The minimum absolute atomic E-state index is 0.0148. The summed E-state index contributed by atoms with van der Waals surface area (Å²) in [6.07, 6.45) is 2.24. The molecule has 0 radical (unpaired) electrons. The van der Waals surface area contributed by atoms with Crippen LogP contribution in [0, 0.1) is 0 Å². The second-order valence-corrected chi connectivity index (χ2v) is 27.3. The van der Waals surface area contributed by atoms with Crippen LogP contribution >= 0.6 is 11.3 Å². The van der Waals surface area contributed by atoms with Crippen LogP contribution in [0.2, 0.25) is 0 Å². The molecular weight excluding hydrogens is 988 g/mol. The summed E-state index contributed by atoms with van der Waals surface area (Å²) in [5.74, 6) is 0. The van der Waals surface area contributed by atoms with E-state index in [0.717, 1.165) is 46.5 Å². The van der Waals surface area contributed by atoms with Crippen LogP contribution in [0.1, 0.15) is 103 Å². The van der Waals surface area contributed by atoms with Crippen LogP contribution in [0.4, 0.5) is 28.4 Å². The van der Waals surface area contributed by atoms with Crippen molar-refractivity contribution in [2.75, 3.05) is 9.71 Å². The lowest BCUT2D eigenvalue weighted by Crippen LogP contribution is -2.61. The van der Waals surface area contributed by atoms with Crippen LogP contribution in [0.5, 0.6) is 0 Å². The number of benzene rings is 10. The Morgan fingerprint density at radius 2 is 1.15 bits per heavy atom. The molecule has 0 bridgehead atoms. The van der Waals surface area contributed by atoms with Crippen LogP contribution in [0.25, 0.3) is 86.4 Å². The van der Waals surface area contributed by atoms with Gasteiger partial charge >= 0.3 is 6.85 Å². The summed E-state index contributed by atoms with van der Waals surface area (Å²) in [6, 6.07) is 74.1. The van der Waals surface area contributed by atoms with Gasteiger partial charge in [-0.2, -0.15) is 0 Å². The minimum atomic E-state index is -0.347. The largest absolute Gasteiger partial charge is 0.466 e. The molecule has 0 atom stereocenters. The molecule has 0 fully saturated rings. The fourth-order valence-corrected chi connectivity index (χ4v) is 16.1. The Balaban J connectivity index is 1.10. The number of furan rings is 1. The number of rotatable bonds is 4. The topological polar surface area (TPSA) is 19.6 Å². The first-order chi connectivity index (χ1) is 38.5. The normalized spacial score (nSPS) is 16.2. The molecular formula is C75H63BN2OS. The summed E-state index contributed by atoms with van der Waals surface area (Å²) in [7, 11) is 0. The maximum Gasteiger partial charge on any atom is 0.376 e. The molecule has 80 heavy (non-hydrogen) atoms. The molecule has 2 aliphatic carbocycles. The zero-order chi connectivity index (χ0) is 54.4. The highest BCUT2D eigenvalue weighted by molar-refractivity contribution is 7.26. The Morgan fingerprint density at radius 3 is 1.88 bits per heavy atom.